The molecule has 16 heavy (non-hydrogen) atoms. The van der Waals surface area contributed by atoms with Gasteiger partial charge in [0.05, 0.1) is 10.9 Å². The summed E-state index contributed by atoms with van der Waals surface area (Å²) >= 11 is 4.94. The zero-order valence-electron chi connectivity index (χ0n) is 10.4. The number of nitrogens with one attached hydrogen (secondary N) is 1. The zero-order valence-corrected chi connectivity index (χ0v) is 11.2. The lowest BCUT2D eigenvalue weighted by Gasteiger charge is -2.21. The maximum atomic E-state index is 11.9. The minimum atomic E-state index is -0.331. The summed E-state index contributed by atoms with van der Waals surface area (Å²) in [5.41, 5.74) is 5.97. The monoisotopic (exact) mass is 242 g/mol. The van der Waals surface area contributed by atoms with Crippen LogP contribution in [0.15, 0.2) is 0 Å². The van der Waals surface area contributed by atoms with Gasteiger partial charge in [-0.3, -0.25) is 4.79 Å². The van der Waals surface area contributed by atoms with E-state index >= 15 is 0 Å². The fraction of sp³-hybridized carbons (Fsp3) is 0.833. The molecule has 1 aliphatic carbocycles. The van der Waals surface area contributed by atoms with Gasteiger partial charge in [-0.15, -0.1) is 0 Å². The van der Waals surface area contributed by atoms with Gasteiger partial charge in [0.15, 0.2) is 0 Å². The van der Waals surface area contributed by atoms with Crippen LogP contribution < -0.4 is 11.1 Å². The summed E-state index contributed by atoms with van der Waals surface area (Å²) in [5, 5.41) is 2.99. The molecule has 0 bridgehead atoms. The van der Waals surface area contributed by atoms with E-state index < -0.39 is 0 Å². The van der Waals surface area contributed by atoms with Crippen LogP contribution >= 0.6 is 12.2 Å². The number of thiocarbonyl (C=S) groups is 1. The summed E-state index contributed by atoms with van der Waals surface area (Å²) in [6, 6.07) is 0. The predicted molar refractivity (Wildman–Crippen MR) is 70.1 cm³/mol. The standard InChI is InChI=1S/C12H22N2OS/c1-4-12(5-6-12)7-14-11(15)9(8(2)3)10(13)16/h8-9H,4-7H2,1-3H3,(H2,13,16)(H,14,15). The highest BCUT2D eigenvalue weighted by molar-refractivity contribution is 7.80. The first kappa shape index (κ1) is 13.4. The maximum absolute atomic E-state index is 11.9. The van der Waals surface area contributed by atoms with E-state index in [2.05, 4.69) is 12.2 Å². The van der Waals surface area contributed by atoms with Crippen molar-refractivity contribution in [3.05, 3.63) is 0 Å². The Bertz CT molecular complexity index is 285. The molecule has 1 unspecified atom stereocenters. The Morgan fingerprint density at radius 1 is 1.50 bits per heavy atom. The molecule has 1 aliphatic rings. The molecular weight excluding hydrogens is 220 g/mol. The summed E-state index contributed by atoms with van der Waals surface area (Å²) in [7, 11) is 0. The molecule has 4 heteroatoms. The van der Waals surface area contributed by atoms with Gasteiger partial charge < -0.3 is 11.1 Å². The van der Waals surface area contributed by atoms with Crippen molar-refractivity contribution in [1.82, 2.24) is 5.32 Å². The van der Waals surface area contributed by atoms with Gasteiger partial charge in [0, 0.05) is 6.54 Å². The molecule has 1 fully saturated rings. The van der Waals surface area contributed by atoms with E-state index in [-0.39, 0.29) is 17.7 Å². The summed E-state index contributed by atoms with van der Waals surface area (Å²) in [4.78, 5) is 12.2. The third kappa shape index (κ3) is 3.17. The topological polar surface area (TPSA) is 55.1 Å². The minimum Gasteiger partial charge on any atom is -0.393 e. The quantitative estimate of drug-likeness (QED) is 0.699. The molecule has 0 aromatic carbocycles. The average Bonchev–Trinajstić information content (AvgIpc) is 2.94. The third-order valence-corrected chi connectivity index (χ3v) is 3.85. The van der Waals surface area contributed by atoms with Gasteiger partial charge in [0.25, 0.3) is 0 Å². The van der Waals surface area contributed by atoms with Crippen LogP contribution in [0, 0.1) is 17.3 Å². The fourth-order valence-electron chi connectivity index (χ4n) is 1.98. The number of nitrogens with two attached hydrogens (primary N) is 1. The molecule has 0 aromatic rings. The van der Waals surface area contributed by atoms with Gasteiger partial charge in [-0.1, -0.05) is 33.0 Å². The second kappa shape index (κ2) is 5.13. The van der Waals surface area contributed by atoms with Crippen LogP contribution in [-0.4, -0.2) is 17.4 Å². The van der Waals surface area contributed by atoms with Crippen molar-refractivity contribution >= 4 is 23.1 Å². The van der Waals surface area contributed by atoms with Crippen LogP contribution in [0.4, 0.5) is 0 Å². The smallest absolute Gasteiger partial charge is 0.230 e. The van der Waals surface area contributed by atoms with E-state index in [1.807, 2.05) is 13.8 Å². The van der Waals surface area contributed by atoms with Crippen LogP contribution in [-0.2, 0) is 4.79 Å². The van der Waals surface area contributed by atoms with Gasteiger partial charge in [-0.25, -0.2) is 0 Å². The van der Waals surface area contributed by atoms with Crippen LogP contribution in [0.3, 0.4) is 0 Å². The first-order valence-corrected chi connectivity index (χ1v) is 6.40. The van der Waals surface area contributed by atoms with Crippen LogP contribution in [0.2, 0.25) is 0 Å². The van der Waals surface area contributed by atoms with Gasteiger partial charge in [-0.2, -0.15) is 0 Å². The number of rotatable bonds is 6. The zero-order chi connectivity index (χ0) is 12.3. The first-order valence-electron chi connectivity index (χ1n) is 5.99. The van der Waals surface area contributed by atoms with Gasteiger partial charge in [0.1, 0.15) is 0 Å². The largest absolute Gasteiger partial charge is 0.393 e. The molecule has 1 amide bonds. The molecule has 1 atom stereocenters. The number of amides is 1. The molecule has 0 heterocycles. The first-order chi connectivity index (χ1) is 7.42. The van der Waals surface area contributed by atoms with E-state index in [0.29, 0.717) is 10.4 Å². The number of carbonyl (C=O) groups is 1. The highest BCUT2D eigenvalue weighted by Gasteiger charge is 2.41. The summed E-state index contributed by atoms with van der Waals surface area (Å²) in [6.07, 6.45) is 3.58. The summed E-state index contributed by atoms with van der Waals surface area (Å²) in [6.45, 7) is 6.88. The molecule has 0 aromatic heterocycles. The number of hydrogen-bond donors (Lipinski definition) is 2. The summed E-state index contributed by atoms with van der Waals surface area (Å²) in [5.74, 6) is -0.181. The molecule has 0 saturated heterocycles. The van der Waals surface area contributed by atoms with Crippen molar-refractivity contribution in [1.29, 1.82) is 0 Å². The van der Waals surface area contributed by atoms with Crippen LogP contribution in [0.25, 0.3) is 0 Å². The Kier molecular flexibility index (Phi) is 4.30. The fourth-order valence-corrected chi connectivity index (χ4v) is 2.36. The van der Waals surface area contributed by atoms with Crippen molar-refractivity contribution in [3.8, 4) is 0 Å². The lowest BCUT2D eigenvalue weighted by atomic mass is 9.94. The molecule has 3 N–H and O–H groups in total. The molecule has 92 valence electrons. The van der Waals surface area contributed by atoms with E-state index in [4.69, 9.17) is 18.0 Å². The van der Waals surface area contributed by atoms with Crippen molar-refractivity contribution in [2.45, 2.75) is 40.0 Å². The third-order valence-electron chi connectivity index (χ3n) is 3.60. The summed E-state index contributed by atoms with van der Waals surface area (Å²) < 4.78 is 0. The van der Waals surface area contributed by atoms with Crippen molar-refractivity contribution in [3.63, 3.8) is 0 Å². The number of carbonyl (C=O) groups excluding carboxylic acids is 1. The second-order valence-electron chi connectivity index (χ2n) is 5.20. The molecule has 0 spiro atoms. The molecular formula is C12H22N2OS. The van der Waals surface area contributed by atoms with E-state index in [0.717, 1.165) is 13.0 Å². The Morgan fingerprint density at radius 2 is 2.06 bits per heavy atom. The lowest BCUT2D eigenvalue weighted by molar-refractivity contribution is -0.124. The van der Waals surface area contributed by atoms with Crippen molar-refractivity contribution in [2.75, 3.05) is 6.54 Å². The van der Waals surface area contributed by atoms with E-state index in [1.165, 1.54) is 12.8 Å². The minimum absolute atomic E-state index is 0.0118. The molecule has 1 saturated carbocycles. The maximum Gasteiger partial charge on any atom is 0.230 e. The predicted octanol–water partition coefficient (Wildman–Crippen LogP) is 1.85. The molecule has 0 aliphatic heterocycles. The average molecular weight is 242 g/mol. The Labute approximate surface area is 103 Å². The Balaban J connectivity index is 2.47. The Hall–Kier alpha value is -0.640. The SMILES string of the molecule is CCC1(CNC(=O)C(C(N)=S)C(C)C)CC1. The van der Waals surface area contributed by atoms with Gasteiger partial charge >= 0.3 is 0 Å². The molecule has 0 radical (unpaired) electrons. The van der Waals surface area contributed by atoms with Crippen LogP contribution in [0.5, 0.6) is 0 Å². The van der Waals surface area contributed by atoms with E-state index in [9.17, 15) is 4.79 Å². The highest BCUT2D eigenvalue weighted by Crippen LogP contribution is 2.47. The van der Waals surface area contributed by atoms with Gasteiger partial charge in [-0.05, 0) is 30.6 Å². The van der Waals surface area contributed by atoms with Crippen LogP contribution in [0.1, 0.15) is 40.0 Å². The van der Waals surface area contributed by atoms with Gasteiger partial charge in [0.2, 0.25) is 5.91 Å². The molecule has 3 nitrogen and oxygen atoms in total. The lowest BCUT2D eigenvalue weighted by Crippen LogP contribution is -2.42. The number of hydrogen-bond acceptors (Lipinski definition) is 2. The van der Waals surface area contributed by atoms with E-state index in [1.54, 1.807) is 0 Å². The van der Waals surface area contributed by atoms with Crippen molar-refractivity contribution in [2.24, 2.45) is 23.0 Å². The highest BCUT2D eigenvalue weighted by atomic mass is 32.1. The normalized spacial score (nSPS) is 19.2. The molecule has 1 rings (SSSR count). The van der Waals surface area contributed by atoms with Crippen molar-refractivity contribution < 1.29 is 4.79 Å². The second-order valence-corrected chi connectivity index (χ2v) is 5.67. The Morgan fingerprint density at radius 3 is 2.38 bits per heavy atom.